The van der Waals surface area contributed by atoms with Crippen molar-refractivity contribution in [3.63, 3.8) is 0 Å². The lowest BCUT2D eigenvalue weighted by Gasteiger charge is -2.05. The number of unbranched alkanes of at least 4 members (excludes halogenated alkanes) is 2. The number of carbonyl (C=O) groups is 1. The minimum Gasteiger partial charge on any atom is -0.494 e. The van der Waals surface area contributed by atoms with E-state index in [1.165, 1.54) is 30.5 Å². The molecule has 0 spiro atoms. The number of nitro benzene ring substituents is 1. The molecule has 136 valence electrons. The van der Waals surface area contributed by atoms with Crippen LogP contribution >= 0.6 is 0 Å². The van der Waals surface area contributed by atoms with Crippen LogP contribution in [0.4, 0.5) is 5.69 Å². The Morgan fingerprint density at radius 3 is 2.46 bits per heavy atom. The van der Waals surface area contributed by atoms with E-state index < -0.39 is 10.8 Å². The molecule has 0 aliphatic carbocycles. The zero-order valence-corrected chi connectivity index (χ0v) is 14.6. The van der Waals surface area contributed by atoms with Crippen molar-refractivity contribution >= 4 is 17.8 Å². The Kier molecular flexibility index (Phi) is 7.30. The van der Waals surface area contributed by atoms with Crippen LogP contribution in [0.5, 0.6) is 5.75 Å². The van der Waals surface area contributed by atoms with Crippen molar-refractivity contribution in [2.45, 2.75) is 26.2 Å². The van der Waals surface area contributed by atoms with Crippen LogP contribution < -0.4 is 10.2 Å². The van der Waals surface area contributed by atoms with E-state index in [0.717, 1.165) is 30.6 Å². The Morgan fingerprint density at radius 1 is 1.15 bits per heavy atom. The Bertz CT molecular complexity index is 755. The van der Waals surface area contributed by atoms with E-state index in [1.54, 1.807) is 0 Å². The predicted molar refractivity (Wildman–Crippen MR) is 99.6 cm³/mol. The molecule has 0 heterocycles. The number of carbonyl (C=O) groups excluding carboxylic acids is 1. The third-order valence-electron chi connectivity index (χ3n) is 3.62. The summed E-state index contributed by atoms with van der Waals surface area (Å²) in [4.78, 5) is 22.0. The van der Waals surface area contributed by atoms with E-state index in [4.69, 9.17) is 4.74 Å². The van der Waals surface area contributed by atoms with Crippen molar-refractivity contribution in [3.05, 3.63) is 69.8 Å². The summed E-state index contributed by atoms with van der Waals surface area (Å²) < 4.78 is 5.63. The number of nitrogens with one attached hydrogen (secondary N) is 1. The smallest absolute Gasteiger partial charge is 0.271 e. The van der Waals surface area contributed by atoms with E-state index in [1.807, 2.05) is 24.3 Å². The lowest BCUT2D eigenvalue weighted by Crippen LogP contribution is -2.17. The second-order valence-electron chi connectivity index (χ2n) is 5.63. The van der Waals surface area contributed by atoms with E-state index in [2.05, 4.69) is 17.5 Å². The summed E-state index contributed by atoms with van der Waals surface area (Å²) in [5.74, 6) is 0.361. The Hall–Kier alpha value is -3.22. The van der Waals surface area contributed by atoms with Gasteiger partial charge in [0.1, 0.15) is 5.75 Å². The third kappa shape index (κ3) is 6.01. The number of rotatable bonds is 9. The van der Waals surface area contributed by atoms with Gasteiger partial charge >= 0.3 is 0 Å². The predicted octanol–water partition coefficient (Wildman–Crippen LogP) is 3.93. The van der Waals surface area contributed by atoms with Crippen LogP contribution in [0.1, 0.15) is 42.1 Å². The molecule has 0 aliphatic heterocycles. The van der Waals surface area contributed by atoms with Gasteiger partial charge in [0.2, 0.25) is 0 Å². The first kappa shape index (κ1) is 19.1. The summed E-state index contributed by atoms with van der Waals surface area (Å²) in [6, 6.07) is 12.7. The average molecular weight is 355 g/mol. The van der Waals surface area contributed by atoms with Gasteiger partial charge in [-0.3, -0.25) is 14.9 Å². The number of non-ortho nitro benzene ring substituents is 1. The average Bonchev–Trinajstić information content (AvgIpc) is 2.66. The van der Waals surface area contributed by atoms with E-state index >= 15 is 0 Å². The fourth-order valence-corrected chi connectivity index (χ4v) is 2.16. The van der Waals surface area contributed by atoms with Gasteiger partial charge < -0.3 is 4.74 Å². The standard InChI is InChI=1S/C19H21N3O4/c1-2-3-4-13-26-18-11-5-15(6-12-18)14-20-21-19(23)16-7-9-17(10-8-16)22(24)25/h5-12,14H,2-4,13H2,1H3,(H,21,23)/b20-14-. The molecule has 0 fully saturated rings. The zero-order valence-electron chi connectivity index (χ0n) is 14.6. The first-order valence-electron chi connectivity index (χ1n) is 8.41. The van der Waals surface area contributed by atoms with Gasteiger partial charge in [0.05, 0.1) is 17.7 Å². The molecule has 1 N–H and O–H groups in total. The van der Waals surface area contributed by atoms with Crippen molar-refractivity contribution < 1.29 is 14.5 Å². The molecule has 0 atom stereocenters. The topological polar surface area (TPSA) is 93.8 Å². The quantitative estimate of drug-likeness (QED) is 0.319. The van der Waals surface area contributed by atoms with Gasteiger partial charge in [0.15, 0.2) is 0 Å². The summed E-state index contributed by atoms with van der Waals surface area (Å²) in [6.45, 7) is 2.85. The van der Waals surface area contributed by atoms with E-state index in [0.29, 0.717) is 12.2 Å². The molecule has 26 heavy (non-hydrogen) atoms. The van der Waals surface area contributed by atoms with Crippen molar-refractivity contribution in [1.29, 1.82) is 0 Å². The van der Waals surface area contributed by atoms with Crippen molar-refractivity contribution in [2.24, 2.45) is 5.10 Å². The lowest BCUT2D eigenvalue weighted by molar-refractivity contribution is -0.384. The number of nitro groups is 1. The highest BCUT2D eigenvalue weighted by Gasteiger charge is 2.08. The number of nitrogens with zero attached hydrogens (tertiary/aromatic N) is 2. The SMILES string of the molecule is CCCCCOc1ccc(/C=N\NC(=O)c2ccc([N+](=O)[O-])cc2)cc1. The minimum atomic E-state index is -0.517. The fraction of sp³-hybridized carbons (Fsp3) is 0.263. The van der Waals surface area contributed by atoms with Crippen LogP contribution in [0.25, 0.3) is 0 Å². The van der Waals surface area contributed by atoms with Gasteiger partial charge in [-0.25, -0.2) is 5.43 Å². The van der Waals surface area contributed by atoms with Crippen LogP contribution in [-0.4, -0.2) is 23.7 Å². The maximum atomic E-state index is 11.9. The van der Waals surface area contributed by atoms with E-state index in [9.17, 15) is 14.9 Å². The van der Waals surface area contributed by atoms with Crippen molar-refractivity contribution in [3.8, 4) is 5.75 Å². The minimum absolute atomic E-state index is 0.0675. The molecule has 0 saturated carbocycles. The van der Waals surface area contributed by atoms with Gasteiger partial charge in [0.25, 0.3) is 11.6 Å². The normalized spacial score (nSPS) is 10.7. The molecule has 0 saturated heterocycles. The molecule has 7 heteroatoms. The molecule has 0 unspecified atom stereocenters. The van der Waals surface area contributed by atoms with Crippen LogP contribution in [0.15, 0.2) is 53.6 Å². The second-order valence-corrected chi connectivity index (χ2v) is 5.63. The molecular formula is C19H21N3O4. The van der Waals surface area contributed by atoms with Crippen LogP contribution in [-0.2, 0) is 0 Å². The van der Waals surface area contributed by atoms with E-state index in [-0.39, 0.29) is 5.69 Å². The van der Waals surface area contributed by atoms with Crippen molar-refractivity contribution in [1.82, 2.24) is 5.43 Å². The first-order chi connectivity index (χ1) is 12.6. The monoisotopic (exact) mass is 355 g/mol. The molecule has 0 aliphatic rings. The number of hydrogen-bond donors (Lipinski definition) is 1. The van der Waals surface area contributed by atoms with Crippen molar-refractivity contribution in [2.75, 3.05) is 6.61 Å². The molecule has 2 aromatic carbocycles. The molecule has 1 amide bonds. The summed E-state index contributed by atoms with van der Waals surface area (Å²) in [6.07, 6.45) is 4.86. The highest BCUT2D eigenvalue weighted by molar-refractivity contribution is 5.95. The van der Waals surface area contributed by atoms with Gasteiger partial charge in [-0.1, -0.05) is 19.8 Å². The van der Waals surface area contributed by atoms with Crippen LogP contribution in [0.3, 0.4) is 0 Å². The second kappa shape index (κ2) is 9.93. The number of amides is 1. The first-order valence-corrected chi connectivity index (χ1v) is 8.41. The highest BCUT2D eigenvalue weighted by Crippen LogP contribution is 2.13. The zero-order chi connectivity index (χ0) is 18.8. The van der Waals surface area contributed by atoms with Gasteiger partial charge in [0, 0.05) is 17.7 Å². The largest absolute Gasteiger partial charge is 0.494 e. The summed E-state index contributed by atoms with van der Waals surface area (Å²) in [5, 5.41) is 14.5. The molecular weight excluding hydrogens is 334 g/mol. The number of hydrogen-bond acceptors (Lipinski definition) is 5. The van der Waals surface area contributed by atoms with Gasteiger partial charge in [-0.2, -0.15) is 5.10 Å². The molecule has 2 aromatic rings. The van der Waals surface area contributed by atoms with Crippen LogP contribution in [0, 0.1) is 10.1 Å². The lowest BCUT2D eigenvalue weighted by atomic mass is 10.2. The maximum absolute atomic E-state index is 11.9. The Morgan fingerprint density at radius 2 is 1.85 bits per heavy atom. The molecule has 0 aromatic heterocycles. The third-order valence-corrected chi connectivity index (χ3v) is 3.62. The van der Waals surface area contributed by atoms with Crippen LogP contribution in [0.2, 0.25) is 0 Å². The highest BCUT2D eigenvalue weighted by atomic mass is 16.6. The number of benzene rings is 2. The Balaban J connectivity index is 1.83. The Labute approximate surface area is 151 Å². The summed E-state index contributed by atoms with van der Waals surface area (Å²) >= 11 is 0. The molecule has 2 rings (SSSR count). The summed E-state index contributed by atoms with van der Waals surface area (Å²) in [5.41, 5.74) is 3.43. The maximum Gasteiger partial charge on any atom is 0.271 e. The fourth-order valence-electron chi connectivity index (χ4n) is 2.16. The molecule has 0 bridgehead atoms. The molecule has 0 radical (unpaired) electrons. The number of ether oxygens (including phenoxy) is 1. The molecule has 7 nitrogen and oxygen atoms in total. The summed E-state index contributed by atoms with van der Waals surface area (Å²) in [7, 11) is 0. The number of hydrazone groups is 1. The van der Waals surface area contributed by atoms with Gasteiger partial charge in [-0.15, -0.1) is 0 Å². The van der Waals surface area contributed by atoms with Gasteiger partial charge in [-0.05, 0) is 48.4 Å².